The van der Waals surface area contributed by atoms with Crippen molar-refractivity contribution in [3.63, 3.8) is 0 Å². The van der Waals surface area contributed by atoms with Crippen LogP contribution < -0.4 is 0 Å². The zero-order valence-electron chi connectivity index (χ0n) is 21.3. The van der Waals surface area contributed by atoms with Gasteiger partial charge in [0.1, 0.15) is 5.82 Å². The molecule has 0 bridgehead atoms. The Morgan fingerprint density at radius 2 is 1.72 bits per heavy atom. The Kier molecular flexibility index (Phi) is 9.15. The van der Waals surface area contributed by atoms with E-state index in [2.05, 4.69) is 11.1 Å². The minimum atomic E-state index is -0.294. The molecule has 1 heterocycles. The third-order valence-electron chi connectivity index (χ3n) is 7.38. The highest BCUT2D eigenvalue weighted by Crippen LogP contribution is 2.28. The first-order valence-corrected chi connectivity index (χ1v) is 13.4. The van der Waals surface area contributed by atoms with E-state index in [1.165, 1.54) is 37.8 Å². The van der Waals surface area contributed by atoms with Crippen molar-refractivity contribution in [2.75, 3.05) is 19.6 Å². The number of carbonyl (C=O) groups excluding carboxylic acids is 2. The fraction of sp³-hybridized carbons (Fsp3) is 0.467. The summed E-state index contributed by atoms with van der Waals surface area (Å²) in [5.41, 5.74) is 3.10. The van der Waals surface area contributed by atoms with Gasteiger partial charge in [0.2, 0.25) is 11.8 Å². The summed E-state index contributed by atoms with van der Waals surface area (Å²) in [6, 6.07) is 14.4. The van der Waals surface area contributed by atoms with E-state index in [1.54, 1.807) is 17.0 Å². The van der Waals surface area contributed by atoms with Crippen LogP contribution in [-0.2, 0) is 22.6 Å². The molecule has 0 aliphatic heterocycles. The first kappa shape index (κ1) is 25.9. The number of H-pyrrole nitrogens is 1. The summed E-state index contributed by atoms with van der Waals surface area (Å²) >= 11 is 0. The number of rotatable bonds is 12. The molecule has 1 N–H and O–H groups in total. The standard InChI is InChI=1S/C30H38FN3O2/c1-2-18-33(29(35)16-13-23-7-3-4-8-23)22-30(36)34(21-24-11-14-26(31)15-12-24)19-17-25-20-32-28-10-6-5-9-27(25)28/h5-6,9-12,14-15,20,23,32H,2-4,7-8,13,16-19,21-22H2,1H3. The summed E-state index contributed by atoms with van der Waals surface area (Å²) in [4.78, 5) is 33.4. The van der Waals surface area contributed by atoms with Gasteiger partial charge in [-0.3, -0.25) is 9.59 Å². The van der Waals surface area contributed by atoms with Gasteiger partial charge in [0.15, 0.2) is 0 Å². The van der Waals surface area contributed by atoms with Crippen LogP contribution in [0.5, 0.6) is 0 Å². The molecule has 0 spiro atoms. The van der Waals surface area contributed by atoms with Crippen LogP contribution >= 0.6 is 0 Å². The molecule has 2 amide bonds. The normalized spacial score (nSPS) is 13.8. The molecule has 1 aromatic heterocycles. The fourth-order valence-corrected chi connectivity index (χ4v) is 5.31. The first-order chi connectivity index (χ1) is 17.5. The highest BCUT2D eigenvalue weighted by molar-refractivity contribution is 5.85. The SMILES string of the molecule is CCCN(CC(=O)N(CCc1c[nH]c2ccccc12)Cc1ccc(F)cc1)C(=O)CCC1CCCC1. The van der Waals surface area contributed by atoms with Crippen LogP contribution in [0.3, 0.4) is 0 Å². The lowest BCUT2D eigenvalue weighted by Gasteiger charge is -2.28. The van der Waals surface area contributed by atoms with Gasteiger partial charge >= 0.3 is 0 Å². The maximum Gasteiger partial charge on any atom is 0.242 e. The molecule has 0 saturated heterocycles. The summed E-state index contributed by atoms with van der Waals surface area (Å²) in [5.74, 6) is 0.369. The molecule has 1 saturated carbocycles. The molecule has 0 radical (unpaired) electrons. The zero-order chi connectivity index (χ0) is 25.3. The Bertz CT molecular complexity index is 1130. The molecule has 36 heavy (non-hydrogen) atoms. The number of fused-ring (bicyclic) bond motifs is 1. The Hall–Kier alpha value is -3.15. The molecule has 192 valence electrons. The van der Waals surface area contributed by atoms with E-state index in [1.807, 2.05) is 36.2 Å². The average Bonchev–Trinajstić information content (AvgIpc) is 3.56. The van der Waals surface area contributed by atoms with Crippen LogP contribution in [0.2, 0.25) is 0 Å². The molecule has 5 nitrogen and oxygen atoms in total. The smallest absolute Gasteiger partial charge is 0.242 e. The first-order valence-electron chi connectivity index (χ1n) is 13.4. The lowest BCUT2D eigenvalue weighted by molar-refractivity contribution is -0.141. The highest BCUT2D eigenvalue weighted by Gasteiger charge is 2.23. The molecule has 4 rings (SSSR count). The quantitative estimate of drug-likeness (QED) is 0.333. The van der Waals surface area contributed by atoms with Crippen molar-refractivity contribution in [1.82, 2.24) is 14.8 Å². The monoisotopic (exact) mass is 491 g/mol. The zero-order valence-corrected chi connectivity index (χ0v) is 21.3. The number of aromatic amines is 1. The van der Waals surface area contributed by atoms with E-state index in [-0.39, 0.29) is 24.2 Å². The number of amides is 2. The second-order valence-electron chi connectivity index (χ2n) is 10.1. The number of nitrogens with zero attached hydrogens (tertiary/aromatic N) is 2. The van der Waals surface area contributed by atoms with Crippen molar-refractivity contribution in [2.24, 2.45) is 5.92 Å². The number of benzene rings is 2. The molecule has 1 fully saturated rings. The van der Waals surface area contributed by atoms with Gasteiger partial charge in [0, 0.05) is 43.2 Å². The second-order valence-corrected chi connectivity index (χ2v) is 10.1. The van der Waals surface area contributed by atoms with Gasteiger partial charge in [-0.15, -0.1) is 0 Å². The van der Waals surface area contributed by atoms with Crippen LogP contribution in [0.25, 0.3) is 10.9 Å². The van der Waals surface area contributed by atoms with Gasteiger partial charge in [0.05, 0.1) is 6.54 Å². The Morgan fingerprint density at radius 1 is 0.972 bits per heavy atom. The molecule has 0 atom stereocenters. The summed E-state index contributed by atoms with van der Waals surface area (Å²) in [6.07, 6.45) is 9.93. The van der Waals surface area contributed by atoms with Crippen molar-refractivity contribution in [3.05, 3.63) is 71.7 Å². The van der Waals surface area contributed by atoms with Gasteiger partial charge < -0.3 is 14.8 Å². The molecule has 3 aromatic rings. The largest absolute Gasteiger partial charge is 0.361 e. The highest BCUT2D eigenvalue weighted by atomic mass is 19.1. The lowest BCUT2D eigenvalue weighted by atomic mass is 10.0. The van der Waals surface area contributed by atoms with Crippen LogP contribution in [-0.4, -0.2) is 46.2 Å². The summed E-state index contributed by atoms with van der Waals surface area (Å²) in [6.45, 7) is 3.62. The third kappa shape index (κ3) is 6.96. The predicted octanol–water partition coefficient (Wildman–Crippen LogP) is 6.09. The lowest BCUT2D eigenvalue weighted by Crippen LogP contribution is -2.43. The van der Waals surface area contributed by atoms with E-state index in [0.717, 1.165) is 34.9 Å². The van der Waals surface area contributed by atoms with Crippen LogP contribution in [0, 0.1) is 11.7 Å². The number of aromatic nitrogens is 1. The summed E-state index contributed by atoms with van der Waals surface area (Å²) in [5, 5.41) is 1.15. The van der Waals surface area contributed by atoms with E-state index < -0.39 is 0 Å². The minimum absolute atomic E-state index is 0.0677. The molecule has 1 aliphatic rings. The van der Waals surface area contributed by atoms with Gasteiger partial charge in [-0.25, -0.2) is 4.39 Å². The predicted molar refractivity (Wildman–Crippen MR) is 142 cm³/mol. The number of para-hydroxylation sites is 1. The topological polar surface area (TPSA) is 56.4 Å². The van der Waals surface area contributed by atoms with Crippen molar-refractivity contribution < 1.29 is 14.0 Å². The van der Waals surface area contributed by atoms with E-state index >= 15 is 0 Å². The van der Waals surface area contributed by atoms with Gasteiger partial charge in [-0.05, 0) is 54.5 Å². The van der Waals surface area contributed by atoms with E-state index in [9.17, 15) is 14.0 Å². The average molecular weight is 492 g/mol. The maximum atomic E-state index is 13.5. The van der Waals surface area contributed by atoms with Crippen molar-refractivity contribution in [1.29, 1.82) is 0 Å². The molecule has 2 aromatic carbocycles. The number of hydrogen-bond donors (Lipinski definition) is 1. The van der Waals surface area contributed by atoms with Crippen molar-refractivity contribution >= 4 is 22.7 Å². The summed E-state index contributed by atoms with van der Waals surface area (Å²) in [7, 11) is 0. The number of hydrogen-bond acceptors (Lipinski definition) is 2. The Balaban J connectivity index is 1.44. The van der Waals surface area contributed by atoms with Crippen LogP contribution in [0.1, 0.15) is 63.0 Å². The fourth-order valence-electron chi connectivity index (χ4n) is 5.31. The number of halogens is 1. The minimum Gasteiger partial charge on any atom is -0.361 e. The molecule has 6 heteroatoms. The Labute approximate surface area is 213 Å². The number of carbonyl (C=O) groups is 2. The maximum absolute atomic E-state index is 13.5. The Morgan fingerprint density at radius 3 is 2.47 bits per heavy atom. The summed E-state index contributed by atoms with van der Waals surface area (Å²) < 4.78 is 13.5. The van der Waals surface area contributed by atoms with Crippen molar-refractivity contribution in [2.45, 2.75) is 64.8 Å². The van der Waals surface area contributed by atoms with E-state index in [0.29, 0.717) is 38.4 Å². The van der Waals surface area contributed by atoms with Gasteiger partial charge in [-0.2, -0.15) is 0 Å². The van der Waals surface area contributed by atoms with Crippen LogP contribution in [0.15, 0.2) is 54.7 Å². The van der Waals surface area contributed by atoms with Crippen molar-refractivity contribution in [3.8, 4) is 0 Å². The third-order valence-corrected chi connectivity index (χ3v) is 7.38. The molecule has 0 unspecified atom stereocenters. The molecule has 1 aliphatic carbocycles. The molecular weight excluding hydrogens is 453 g/mol. The van der Waals surface area contributed by atoms with Gasteiger partial charge in [-0.1, -0.05) is 62.9 Å². The van der Waals surface area contributed by atoms with E-state index in [4.69, 9.17) is 0 Å². The number of nitrogens with one attached hydrogen (secondary N) is 1. The molecular formula is C30H38FN3O2. The second kappa shape index (κ2) is 12.7. The van der Waals surface area contributed by atoms with Crippen LogP contribution in [0.4, 0.5) is 4.39 Å². The van der Waals surface area contributed by atoms with Gasteiger partial charge in [0.25, 0.3) is 0 Å².